The minimum Gasteiger partial charge on any atom is -0.338 e. The highest BCUT2D eigenvalue weighted by molar-refractivity contribution is 5.86. The number of rotatable bonds is 8. The van der Waals surface area contributed by atoms with Crippen LogP contribution in [-0.4, -0.2) is 29.1 Å². The maximum atomic E-state index is 3.11. The third-order valence-electron chi connectivity index (χ3n) is 20.3. The molecule has 0 spiro atoms. The molecule has 1 fully saturated rings. The van der Waals surface area contributed by atoms with Crippen LogP contribution in [0.1, 0.15) is 152 Å². The quantitative estimate of drug-likeness (QED) is 0.208. The van der Waals surface area contributed by atoms with Crippen molar-refractivity contribution in [1.82, 2.24) is 4.90 Å². The smallest absolute Gasteiger partial charge is 0.0557 e. The monoisotopic (exact) mass is 935 g/mol. The van der Waals surface area contributed by atoms with E-state index >= 15 is 0 Å². The van der Waals surface area contributed by atoms with Crippen molar-refractivity contribution in [3.63, 3.8) is 0 Å². The number of hydrogen-bond donors (Lipinski definition) is 0. The van der Waals surface area contributed by atoms with E-state index in [1.165, 1.54) is 97.0 Å². The highest BCUT2D eigenvalue weighted by Crippen LogP contribution is 2.61. The summed E-state index contributed by atoms with van der Waals surface area (Å²) in [6, 6.07) is 27.1. The van der Waals surface area contributed by atoms with Gasteiger partial charge in [-0.25, -0.2) is 0 Å². The average molecular weight is 935 g/mol. The Bertz CT molecular complexity index is 2960. The molecule has 0 amide bonds. The molecular weight excluding hydrogens is 857 g/mol. The van der Waals surface area contributed by atoms with E-state index in [2.05, 4.69) is 197 Å². The molecule has 0 N–H and O–H groups in total. The van der Waals surface area contributed by atoms with Crippen molar-refractivity contribution in [2.24, 2.45) is 34.5 Å². The first kappa shape index (κ1) is 45.7. The first-order valence-corrected chi connectivity index (χ1v) is 28.3. The summed E-state index contributed by atoms with van der Waals surface area (Å²) in [6.07, 6.45) is 50.2. The normalized spacial score (nSPS) is 31.3. The number of hydrogen-bond acceptors (Lipinski definition) is 2. The Kier molecular flexibility index (Phi) is 11.3. The molecule has 0 aromatic heterocycles. The number of benzene rings is 3. The van der Waals surface area contributed by atoms with Gasteiger partial charge in [0, 0.05) is 34.9 Å². The third-order valence-corrected chi connectivity index (χ3v) is 20.3. The molecule has 0 bridgehead atoms. The van der Waals surface area contributed by atoms with Gasteiger partial charge < -0.3 is 4.90 Å². The Labute approximate surface area is 427 Å². The van der Waals surface area contributed by atoms with E-state index in [1.807, 2.05) is 0 Å². The number of fused-ring (bicyclic) bond motifs is 5. The molecule has 0 aliphatic heterocycles. The van der Waals surface area contributed by atoms with E-state index in [0.717, 1.165) is 32.1 Å². The van der Waals surface area contributed by atoms with Crippen molar-refractivity contribution >= 4 is 22.4 Å². The molecule has 0 heterocycles. The van der Waals surface area contributed by atoms with Gasteiger partial charge in [0.2, 0.25) is 0 Å². The second-order valence-corrected chi connectivity index (χ2v) is 25.2. The van der Waals surface area contributed by atoms with Crippen LogP contribution >= 0.6 is 0 Å². The average Bonchev–Trinajstić information content (AvgIpc) is 3.77. The van der Waals surface area contributed by atoms with Crippen molar-refractivity contribution in [3.05, 3.63) is 202 Å². The fraction of sp³-hybridized carbons (Fsp3) is 0.449. The number of allylic oxidation sites excluding steroid dienone is 15. The summed E-state index contributed by atoms with van der Waals surface area (Å²) in [7, 11) is 0. The Hall–Kier alpha value is -5.18. The molecular formula is C69H78N2. The van der Waals surface area contributed by atoms with Crippen LogP contribution < -0.4 is 4.90 Å². The van der Waals surface area contributed by atoms with Gasteiger partial charge >= 0.3 is 0 Å². The second-order valence-electron chi connectivity index (χ2n) is 25.2. The summed E-state index contributed by atoms with van der Waals surface area (Å²) in [5.74, 6) is 2.56. The lowest BCUT2D eigenvalue weighted by Crippen LogP contribution is -2.52. The zero-order valence-electron chi connectivity index (χ0n) is 43.8. The van der Waals surface area contributed by atoms with Crippen molar-refractivity contribution < 1.29 is 0 Å². The molecule has 2 heteroatoms. The summed E-state index contributed by atoms with van der Waals surface area (Å²) in [6.45, 7) is 15.3. The molecule has 1 saturated carbocycles. The maximum Gasteiger partial charge on any atom is 0.0557 e. The minimum atomic E-state index is -0.0197. The van der Waals surface area contributed by atoms with Gasteiger partial charge in [0.1, 0.15) is 0 Å². The van der Waals surface area contributed by atoms with Crippen molar-refractivity contribution in [2.45, 2.75) is 161 Å². The summed E-state index contributed by atoms with van der Waals surface area (Å²) in [5, 5.41) is 0. The number of nitrogens with zero attached hydrogens (tertiary/aromatic N) is 2. The first-order valence-electron chi connectivity index (χ1n) is 28.3. The molecule has 0 radical (unpaired) electrons. The van der Waals surface area contributed by atoms with Crippen LogP contribution in [0, 0.1) is 34.5 Å². The van der Waals surface area contributed by atoms with Gasteiger partial charge in [-0.15, -0.1) is 0 Å². The molecule has 71 heavy (non-hydrogen) atoms. The maximum absolute atomic E-state index is 3.11. The highest BCUT2D eigenvalue weighted by atomic mass is 15.2. The minimum absolute atomic E-state index is 0.0197. The molecule has 364 valence electrons. The molecule has 2 nitrogen and oxygen atoms in total. The van der Waals surface area contributed by atoms with Gasteiger partial charge in [0.05, 0.1) is 6.04 Å². The Morgan fingerprint density at radius 3 is 2.30 bits per heavy atom. The van der Waals surface area contributed by atoms with Crippen LogP contribution in [0.15, 0.2) is 168 Å². The summed E-state index contributed by atoms with van der Waals surface area (Å²) in [4.78, 5) is 5.95. The third kappa shape index (κ3) is 7.57. The van der Waals surface area contributed by atoms with Gasteiger partial charge in [-0.05, 0) is 203 Å². The standard InChI is InChI=1S/C69H78N2/c1-67(2)40-39-59-65(71(51-32-27-48(28-33-51)46-19-11-8-12-20-46)53-35-37-58-56-22-14-16-24-61(56)69(5,6)63(58)43-53)38-29-49-41-54(44-64(67)66(49)59)70(50-30-25-47(26-31-50)45-17-9-7-10-18-45)52-34-36-57-55-21-13-15-23-60(55)68(3,4)62(57)42-52/h8,11-17,19-25,27-29,32,34,36,38,43-44,50-52,54-55,57,60,62H,7,9-10,18,26,30-31,33,35,37,39-42H2,1-6H3. The zero-order valence-corrected chi connectivity index (χ0v) is 43.8. The van der Waals surface area contributed by atoms with Crippen molar-refractivity contribution in [3.8, 4) is 0 Å². The van der Waals surface area contributed by atoms with E-state index < -0.39 is 0 Å². The Balaban J connectivity index is 0.896. The molecule has 3 aromatic carbocycles. The van der Waals surface area contributed by atoms with E-state index in [9.17, 15) is 0 Å². The molecule has 13 rings (SSSR count). The fourth-order valence-corrected chi connectivity index (χ4v) is 16.5. The lowest BCUT2D eigenvalue weighted by molar-refractivity contribution is 0.0696. The summed E-state index contributed by atoms with van der Waals surface area (Å²) in [5.41, 5.74) is 21.7. The number of anilines is 1. The van der Waals surface area contributed by atoms with Crippen LogP contribution in [0.3, 0.4) is 0 Å². The molecule has 10 aliphatic carbocycles. The van der Waals surface area contributed by atoms with E-state index in [-0.39, 0.29) is 22.3 Å². The Morgan fingerprint density at radius 1 is 0.662 bits per heavy atom. The molecule has 10 aliphatic rings. The van der Waals surface area contributed by atoms with Crippen molar-refractivity contribution in [1.29, 1.82) is 0 Å². The first-order chi connectivity index (χ1) is 34.5. The highest BCUT2D eigenvalue weighted by Gasteiger charge is 2.55. The van der Waals surface area contributed by atoms with E-state index in [1.54, 1.807) is 39.0 Å². The van der Waals surface area contributed by atoms with Gasteiger partial charge in [-0.1, -0.05) is 175 Å². The van der Waals surface area contributed by atoms with Gasteiger partial charge in [0.15, 0.2) is 0 Å². The Morgan fingerprint density at radius 2 is 1.49 bits per heavy atom. The molecule has 0 saturated heterocycles. The zero-order chi connectivity index (χ0) is 48.2. The molecule has 8 atom stereocenters. The van der Waals surface area contributed by atoms with Crippen LogP contribution in [-0.2, 0) is 18.3 Å². The lowest BCUT2D eigenvalue weighted by Gasteiger charge is -2.50. The fourth-order valence-electron chi connectivity index (χ4n) is 16.5. The SMILES string of the molecule is CC1(C)CCc2c(N(C3=CC4=C(CC3)c3ccccc3C4(C)C)C3C=CC(c4ccccc4)=CC3)ccc3c2C1=CC(N(C1C=CC2C4C=CC=CC4C(C)(C)C2C1)C1CC=C(C2=CCCCC2)CC1)C3. The van der Waals surface area contributed by atoms with E-state index in [0.29, 0.717) is 41.8 Å². The van der Waals surface area contributed by atoms with E-state index in [4.69, 9.17) is 0 Å². The summed E-state index contributed by atoms with van der Waals surface area (Å²) < 4.78 is 0. The lowest BCUT2D eigenvalue weighted by atomic mass is 9.65. The van der Waals surface area contributed by atoms with Crippen LogP contribution in [0.25, 0.3) is 16.7 Å². The van der Waals surface area contributed by atoms with Crippen LogP contribution in [0.5, 0.6) is 0 Å². The molecule has 3 aromatic rings. The largest absolute Gasteiger partial charge is 0.338 e. The topological polar surface area (TPSA) is 6.48 Å². The van der Waals surface area contributed by atoms with Gasteiger partial charge in [0.25, 0.3) is 0 Å². The molecule has 8 unspecified atom stereocenters. The predicted molar refractivity (Wildman–Crippen MR) is 300 cm³/mol. The second kappa shape index (κ2) is 17.5. The van der Waals surface area contributed by atoms with Crippen molar-refractivity contribution in [2.75, 3.05) is 4.90 Å². The predicted octanol–water partition coefficient (Wildman–Crippen LogP) is 16.8. The van der Waals surface area contributed by atoms with Gasteiger partial charge in [-0.2, -0.15) is 0 Å². The van der Waals surface area contributed by atoms with Crippen LogP contribution in [0.4, 0.5) is 5.69 Å². The summed E-state index contributed by atoms with van der Waals surface area (Å²) >= 11 is 0. The van der Waals surface area contributed by atoms with Gasteiger partial charge in [-0.3, -0.25) is 4.90 Å². The van der Waals surface area contributed by atoms with Crippen LogP contribution in [0.2, 0.25) is 0 Å².